The third-order valence-electron chi connectivity index (χ3n) is 10.2. The Labute approximate surface area is 260 Å². The molecule has 240 valence electrons. The van der Waals surface area contributed by atoms with Crippen molar-refractivity contribution in [2.24, 2.45) is 10.8 Å². The van der Waals surface area contributed by atoms with Gasteiger partial charge in [-0.3, -0.25) is 5.41 Å². The van der Waals surface area contributed by atoms with Crippen molar-refractivity contribution in [3.05, 3.63) is 34.5 Å². The molecule has 1 aromatic rings. The van der Waals surface area contributed by atoms with Crippen LogP contribution in [0.25, 0.3) is 0 Å². The van der Waals surface area contributed by atoms with Crippen molar-refractivity contribution in [1.29, 1.82) is 5.41 Å². The molecular formula is C34H56BF2N5O. The molecule has 0 aromatic heterocycles. The number of hydrogen-bond donors (Lipinski definition) is 3. The van der Waals surface area contributed by atoms with Crippen molar-refractivity contribution in [1.82, 2.24) is 15.5 Å². The van der Waals surface area contributed by atoms with Gasteiger partial charge in [0.2, 0.25) is 0 Å². The van der Waals surface area contributed by atoms with E-state index in [0.29, 0.717) is 25.0 Å². The van der Waals surface area contributed by atoms with E-state index in [1.54, 1.807) is 6.07 Å². The Balaban J connectivity index is 0.000000953. The first kappa shape index (κ1) is 35.2. The highest BCUT2D eigenvalue weighted by Gasteiger charge is 2.49. The summed E-state index contributed by atoms with van der Waals surface area (Å²) in [6.07, 6.45) is 4.99. The lowest BCUT2D eigenvalue weighted by Gasteiger charge is -2.38. The van der Waals surface area contributed by atoms with Gasteiger partial charge in [0.15, 0.2) is 6.71 Å². The number of benzene rings is 1. The lowest BCUT2D eigenvalue weighted by Crippen LogP contribution is -2.46. The summed E-state index contributed by atoms with van der Waals surface area (Å²) in [4.78, 5) is 13.1. The SMILES string of the molecule is CC.CC=O.CN1CCC(NC2CCNCC2)=C(C(=N)N2CCCc3cc(B4CC(C)(C)C(C)(C)C4)c(C(F)F)cc32)C1. The molecule has 0 bridgehead atoms. The normalized spacial score (nSPS) is 21.8. The molecule has 0 saturated carbocycles. The fourth-order valence-corrected chi connectivity index (χ4v) is 7.17. The Kier molecular flexibility index (Phi) is 12.4. The lowest BCUT2D eigenvalue weighted by molar-refractivity contribution is -0.106. The number of rotatable bonds is 5. The molecular weight excluding hydrogens is 543 g/mol. The van der Waals surface area contributed by atoms with Gasteiger partial charge in [-0.2, -0.15) is 0 Å². The van der Waals surface area contributed by atoms with Gasteiger partial charge in [0.05, 0.1) is 0 Å². The van der Waals surface area contributed by atoms with E-state index < -0.39 is 6.43 Å². The number of likely N-dealkylation sites (N-methyl/N-ethyl adjacent to an activating group) is 1. The topological polar surface area (TPSA) is 71.5 Å². The number of carbonyl (C=O) groups is 1. The second-order valence-corrected chi connectivity index (χ2v) is 13.7. The van der Waals surface area contributed by atoms with Crippen LogP contribution in [0.3, 0.4) is 0 Å². The molecule has 0 amide bonds. The number of piperidine rings is 1. The minimum Gasteiger partial charge on any atom is -0.385 e. The molecule has 2 fully saturated rings. The molecule has 2 saturated heterocycles. The lowest BCUT2D eigenvalue weighted by atomic mass is 9.41. The van der Waals surface area contributed by atoms with Crippen molar-refractivity contribution < 1.29 is 13.6 Å². The van der Waals surface area contributed by atoms with Gasteiger partial charge in [-0.25, -0.2) is 8.78 Å². The predicted octanol–water partition coefficient (Wildman–Crippen LogP) is 6.28. The molecule has 0 spiro atoms. The van der Waals surface area contributed by atoms with E-state index >= 15 is 0 Å². The maximum atomic E-state index is 14.6. The maximum absolute atomic E-state index is 14.6. The summed E-state index contributed by atoms with van der Waals surface area (Å²) < 4.78 is 29.2. The van der Waals surface area contributed by atoms with E-state index in [9.17, 15) is 14.2 Å². The van der Waals surface area contributed by atoms with Crippen LogP contribution in [-0.4, -0.2) is 69.5 Å². The number of aldehydes is 1. The van der Waals surface area contributed by atoms with Crippen LogP contribution in [0, 0.1) is 16.2 Å². The molecule has 0 aliphatic carbocycles. The molecule has 9 heteroatoms. The highest BCUT2D eigenvalue weighted by atomic mass is 19.3. The Hall–Kier alpha value is -2.26. The zero-order valence-corrected chi connectivity index (χ0v) is 28.0. The smallest absolute Gasteiger partial charge is 0.263 e. The summed E-state index contributed by atoms with van der Waals surface area (Å²) in [6.45, 7) is 19.1. The largest absolute Gasteiger partial charge is 0.385 e. The fourth-order valence-electron chi connectivity index (χ4n) is 7.17. The first-order valence-corrected chi connectivity index (χ1v) is 16.5. The molecule has 0 radical (unpaired) electrons. The number of hydrogen-bond acceptors (Lipinski definition) is 5. The average Bonchev–Trinajstić information content (AvgIpc) is 3.20. The van der Waals surface area contributed by atoms with Crippen LogP contribution in [0.4, 0.5) is 14.5 Å². The third-order valence-corrected chi connectivity index (χ3v) is 10.2. The average molecular weight is 600 g/mol. The fraction of sp³-hybridized carbons (Fsp3) is 0.706. The van der Waals surface area contributed by atoms with Crippen LogP contribution < -0.4 is 21.0 Å². The number of fused-ring (bicyclic) bond motifs is 1. The molecule has 0 atom stereocenters. The molecule has 5 rings (SSSR count). The maximum Gasteiger partial charge on any atom is 0.263 e. The number of anilines is 1. The molecule has 43 heavy (non-hydrogen) atoms. The van der Waals surface area contributed by atoms with Crippen LogP contribution in [0.1, 0.15) is 91.7 Å². The zero-order valence-electron chi connectivity index (χ0n) is 28.0. The molecule has 3 N–H and O–H groups in total. The number of halogens is 2. The Bertz CT molecular complexity index is 1130. The van der Waals surface area contributed by atoms with Crippen molar-refractivity contribution in [3.8, 4) is 0 Å². The van der Waals surface area contributed by atoms with E-state index in [1.807, 2.05) is 18.7 Å². The van der Waals surface area contributed by atoms with Crippen LogP contribution in [0.5, 0.6) is 0 Å². The second-order valence-electron chi connectivity index (χ2n) is 13.7. The molecule has 0 unspecified atom stereocenters. The van der Waals surface area contributed by atoms with E-state index in [4.69, 9.17) is 4.79 Å². The summed E-state index contributed by atoms with van der Waals surface area (Å²) in [5, 5.41) is 16.6. The quantitative estimate of drug-likeness (QED) is 0.161. The number of aryl methyl sites for hydroxylation is 1. The van der Waals surface area contributed by atoms with Gasteiger partial charge in [-0.15, -0.1) is 0 Å². The number of amidine groups is 1. The predicted molar refractivity (Wildman–Crippen MR) is 179 cm³/mol. The standard InChI is InChI=1S/C30H46BF2N5.C2H4O.C2H6/c1-29(2)18-31(19-30(29,3)4)24-15-20-7-6-13-38(26(20)16-22(24)27(32)33)28(34)23-17-37(5)14-10-25(23)36-21-8-11-35-12-9-21;1-2-3;1-2/h15-16,21,27,34-36H,6-14,17-19H2,1-5H3;2H,1H3;1-2H3. The molecule has 1 aromatic carbocycles. The highest BCUT2D eigenvalue weighted by molar-refractivity contribution is 6.74. The number of alkyl halides is 2. The van der Waals surface area contributed by atoms with Gasteiger partial charge in [-0.1, -0.05) is 65.7 Å². The zero-order chi connectivity index (χ0) is 31.9. The van der Waals surface area contributed by atoms with E-state index in [-0.39, 0.29) is 23.1 Å². The number of carbonyl (C=O) groups excluding carboxylic acids is 1. The van der Waals surface area contributed by atoms with Gasteiger partial charge in [-0.05, 0) is 75.2 Å². The van der Waals surface area contributed by atoms with Gasteiger partial charge in [0, 0.05) is 54.6 Å². The monoisotopic (exact) mass is 599 g/mol. The minimum absolute atomic E-state index is 0.110. The molecule has 4 aliphatic heterocycles. The Morgan fingerprint density at radius 2 is 1.70 bits per heavy atom. The van der Waals surface area contributed by atoms with Gasteiger partial charge in [0.1, 0.15) is 12.1 Å². The minimum atomic E-state index is -2.52. The summed E-state index contributed by atoms with van der Waals surface area (Å²) in [7, 11) is 2.10. The van der Waals surface area contributed by atoms with E-state index in [0.717, 1.165) is 93.0 Å². The Morgan fingerprint density at radius 1 is 1.09 bits per heavy atom. The summed E-state index contributed by atoms with van der Waals surface area (Å²) in [6, 6.07) is 4.27. The van der Waals surface area contributed by atoms with E-state index in [1.165, 1.54) is 12.6 Å². The second kappa shape index (κ2) is 15.2. The highest BCUT2D eigenvalue weighted by Crippen LogP contribution is 2.53. The van der Waals surface area contributed by atoms with Crippen molar-refractivity contribution >= 4 is 30.0 Å². The van der Waals surface area contributed by atoms with Crippen LogP contribution in [0.2, 0.25) is 12.6 Å². The molecule has 6 nitrogen and oxygen atoms in total. The first-order chi connectivity index (χ1) is 20.4. The summed E-state index contributed by atoms with van der Waals surface area (Å²) in [5.74, 6) is 0.477. The third kappa shape index (κ3) is 8.07. The number of nitrogens with zero attached hydrogens (tertiary/aromatic N) is 2. The molecule has 4 heterocycles. The number of nitrogens with one attached hydrogen (secondary N) is 3. The van der Waals surface area contributed by atoms with Crippen LogP contribution in [0.15, 0.2) is 23.4 Å². The van der Waals surface area contributed by atoms with Crippen LogP contribution in [-0.2, 0) is 11.2 Å². The van der Waals surface area contributed by atoms with Gasteiger partial charge >= 0.3 is 0 Å². The summed E-state index contributed by atoms with van der Waals surface area (Å²) in [5.41, 5.74) is 5.37. The van der Waals surface area contributed by atoms with Crippen molar-refractivity contribution in [3.63, 3.8) is 0 Å². The van der Waals surface area contributed by atoms with Gasteiger partial charge in [0.25, 0.3) is 6.43 Å². The van der Waals surface area contributed by atoms with Crippen molar-refractivity contribution in [2.75, 3.05) is 44.7 Å². The summed E-state index contributed by atoms with van der Waals surface area (Å²) >= 11 is 0. The van der Waals surface area contributed by atoms with E-state index in [2.05, 4.69) is 56.3 Å². The van der Waals surface area contributed by atoms with Crippen molar-refractivity contribution in [2.45, 2.75) is 106 Å². The van der Waals surface area contributed by atoms with Crippen LogP contribution >= 0.6 is 0 Å². The molecule has 4 aliphatic rings. The Morgan fingerprint density at radius 3 is 2.28 bits per heavy atom. The first-order valence-electron chi connectivity index (χ1n) is 16.5. The van der Waals surface area contributed by atoms with Gasteiger partial charge < -0.3 is 25.2 Å².